The summed E-state index contributed by atoms with van der Waals surface area (Å²) in [5.41, 5.74) is 2.63. The van der Waals surface area contributed by atoms with E-state index in [4.69, 9.17) is 9.36 Å². The highest BCUT2D eigenvalue weighted by atomic mass is 32.1. The fraction of sp³-hybridized carbons (Fsp3) is 0.310. The van der Waals surface area contributed by atoms with Gasteiger partial charge in [-0.15, -0.1) is 11.3 Å². The molecule has 2 fully saturated rings. The van der Waals surface area contributed by atoms with Crippen molar-refractivity contribution in [2.75, 3.05) is 31.1 Å². The Labute approximate surface area is 224 Å². The summed E-state index contributed by atoms with van der Waals surface area (Å²) in [7, 11) is 0. The number of amides is 1. The Morgan fingerprint density at radius 1 is 0.865 bits per heavy atom. The van der Waals surface area contributed by atoms with E-state index < -0.39 is 0 Å². The molecular weight excluding hydrogens is 500 g/mol. The molecule has 1 aliphatic heterocycles. The Morgan fingerprint density at radius 2 is 1.59 bits per heavy atom. The number of thiophene rings is 1. The van der Waals surface area contributed by atoms with Crippen molar-refractivity contribution in [2.24, 2.45) is 0 Å². The number of hydrogen-bond donors (Lipinski definition) is 0. The topological polar surface area (TPSA) is 66.4 Å². The van der Waals surface area contributed by atoms with Gasteiger partial charge < -0.3 is 9.80 Å². The minimum absolute atomic E-state index is 0.0801. The van der Waals surface area contributed by atoms with E-state index in [2.05, 4.69) is 23.1 Å². The summed E-state index contributed by atoms with van der Waals surface area (Å²) in [5, 5.41) is 2.94. The first kappa shape index (κ1) is 24.0. The molecule has 0 bridgehead atoms. The molecule has 6 nitrogen and oxygen atoms in total. The van der Waals surface area contributed by atoms with Crippen LogP contribution in [0.5, 0.6) is 0 Å². The molecule has 1 amide bonds. The van der Waals surface area contributed by atoms with Gasteiger partial charge in [-0.25, -0.2) is 4.98 Å². The Bertz CT molecular complexity index is 1380. The summed E-state index contributed by atoms with van der Waals surface area (Å²) in [6.07, 6.45) is 2.63. The molecule has 1 saturated heterocycles. The van der Waals surface area contributed by atoms with E-state index in [1.807, 2.05) is 58.8 Å². The number of nitrogens with zero attached hydrogens (tertiary/aromatic N) is 4. The number of benzene rings is 2. The van der Waals surface area contributed by atoms with Gasteiger partial charge in [-0.05, 0) is 35.9 Å². The summed E-state index contributed by atoms with van der Waals surface area (Å²) in [6, 6.07) is 22.3. The van der Waals surface area contributed by atoms with Gasteiger partial charge in [0, 0.05) is 66.6 Å². The van der Waals surface area contributed by atoms with Gasteiger partial charge in [0.05, 0.1) is 5.41 Å². The highest BCUT2D eigenvalue weighted by Crippen LogP contribution is 2.43. The number of hydrogen-bond acceptors (Lipinski definition) is 7. The highest BCUT2D eigenvalue weighted by Gasteiger charge is 2.41. The smallest absolute Gasteiger partial charge is 0.254 e. The van der Waals surface area contributed by atoms with Crippen LogP contribution in [-0.4, -0.2) is 52.1 Å². The van der Waals surface area contributed by atoms with Gasteiger partial charge >= 0.3 is 0 Å². The molecule has 6 rings (SSSR count). The van der Waals surface area contributed by atoms with Crippen molar-refractivity contribution in [3.8, 4) is 10.4 Å². The van der Waals surface area contributed by atoms with Crippen LogP contribution < -0.4 is 4.90 Å². The van der Waals surface area contributed by atoms with Crippen LogP contribution in [0, 0.1) is 0 Å². The number of carbonyl (C=O) groups excluding carboxylic acids is 2. The third-order valence-corrected chi connectivity index (χ3v) is 9.29. The molecule has 0 atom stereocenters. The largest absolute Gasteiger partial charge is 0.343 e. The molecule has 0 radical (unpaired) electrons. The normalized spacial score (nSPS) is 17.7. The number of anilines is 1. The lowest BCUT2D eigenvalue weighted by atomic mass is 9.68. The van der Waals surface area contributed by atoms with E-state index in [0.717, 1.165) is 52.9 Å². The molecule has 4 aromatic rings. The molecule has 2 aromatic carbocycles. The predicted molar refractivity (Wildman–Crippen MR) is 148 cm³/mol. The molecular formula is C29H28N4O2S2. The third-order valence-electron chi connectivity index (χ3n) is 7.61. The monoisotopic (exact) mass is 528 g/mol. The number of ketones is 1. The van der Waals surface area contributed by atoms with Gasteiger partial charge in [-0.1, -0.05) is 54.6 Å². The minimum atomic E-state index is -0.312. The fourth-order valence-corrected chi connectivity index (χ4v) is 7.05. The number of piperazine rings is 1. The standard InChI is InChI=1S/C29H28N4O2S2/c34-22-12-14-29(15-13-22,21-7-2-1-3-8-21)27-30-28(37-31-27)33-18-16-32(17-19-33)26(35)24-10-5-4-9-23(24)25-11-6-20-36-25/h1-11,20H,12-19H2. The zero-order chi connectivity index (χ0) is 25.2. The van der Waals surface area contributed by atoms with E-state index in [0.29, 0.717) is 31.7 Å². The van der Waals surface area contributed by atoms with Crippen molar-refractivity contribution in [2.45, 2.75) is 31.1 Å². The van der Waals surface area contributed by atoms with Gasteiger partial charge in [0.1, 0.15) is 5.78 Å². The van der Waals surface area contributed by atoms with Gasteiger partial charge in [-0.3, -0.25) is 9.59 Å². The molecule has 0 unspecified atom stereocenters. The van der Waals surface area contributed by atoms with Crippen LogP contribution in [0.3, 0.4) is 0 Å². The molecule has 8 heteroatoms. The molecule has 188 valence electrons. The predicted octanol–water partition coefficient (Wildman–Crippen LogP) is 5.66. The fourth-order valence-electron chi connectivity index (χ4n) is 5.48. The van der Waals surface area contributed by atoms with Crippen molar-refractivity contribution in [1.82, 2.24) is 14.3 Å². The molecule has 0 N–H and O–H groups in total. The first-order valence-electron chi connectivity index (χ1n) is 12.7. The van der Waals surface area contributed by atoms with Crippen LogP contribution in [0.4, 0.5) is 5.13 Å². The van der Waals surface area contributed by atoms with Crippen LogP contribution in [-0.2, 0) is 10.2 Å². The maximum Gasteiger partial charge on any atom is 0.254 e. The maximum absolute atomic E-state index is 13.5. The summed E-state index contributed by atoms with van der Waals surface area (Å²) in [5.74, 6) is 1.23. The molecule has 37 heavy (non-hydrogen) atoms. The van der Waals surface area contributed by atoms with Gasteiger partial charge in [0.25, 0.3) is 5.91 Å². The van der Waals surface area contributed by atoms with E-state index in [1.54, 1.807) is 11.3 Å². The Hall–Kier alpha value is -3.36. The minimum Gasteiger partial charge on any atom is -0.343 e. The van der Waals surface area contributed by atoms with Gasteiger partial charge in [0.2, 0.25) is 5.13 Å². The van der Waals surface area contributed by atoms with Gasteiger partial charge in [-0.2, -0.15) is 4.37 Å². The van der Waals surface area contributed by atoms with Gasteiger partial charge in [0.15, 0.2) is 5.82 Å². The molecule has 1 aliphatic carbocycles. The zero-order valence-corrected chi connectivity index (χ0v) is 22.1. The second-order valence-electron chi connectivity index (χ2n) is 9.69. The molecule has 2 aliphatic rings. The maximum atomic E-state index is 13.5. The van der Waals surface area contributed by atoms with Crippen molar-refractivity contribution in [1.29, 1.82) is 0 Å². The quantitative estimate of drug-likeness (QED) is 0.335. The summed E-state index contributed by atoms with van der Waals surface area (Å²) in [6.45, 7) is 2.73. The van der Waals surface area contributed by atoms with Crippen LogP contribution >= 0.6 is 22.9 Å². The Kier molecular flexibility index (Phi) is 6.61. The van der Waals surface area contributed by atoms with Crippen molar-refractivity contribution < 1.29 is 9.59 Å². The van der Waals surface area contributed by atoms with E-state index in [9.17, 15) is 9.59 Å². The highest BCUT2D eigenvalue weighted by molar-refractivity contribution is 7.13. The van der Waals surface area contributed by atoms with E-state index in [1.165, 1.54) is 17.1 Å². The lowest BCUT2D eigenvalue weighted by molar-refractivity contribution is -0.121. The first-order valence-corrected chi connectivity index (χ1v) is 14.4. The number of aromatic nitrogens is 2. The molecule has 0 spiro atoms. The average molecular weight is 529 g/mol. The second kappa shape index (κ2) is 10.2. The second-order valence-corrected chi connectivity index (χ2v) is 11.4. The van der Waals surface area contributed by atoms with Crippen LogP contribution in [0.2, 0.25) is 0 Å². The number of carbonyl (C=O) groups is 2. The van der Waals surface area contributed by atoms with E-state index in [-0.39, 0.29) is 11.3 Å². The summed E-state index contributed by atoms with van der Waals surface area (Å²) in [4.78, 5) is 35.8. The number of Topliss-reactive ketones (excluding diaryl/α,β-unsaturated/α-hetero) is 1. The molecule has 1 saturated carbocycles. The SMILES string of the molecule is O=C1CCC(c2ccccc2)(c2nsc(N3CCN(C(=O)c4ccccc4-c4cccs4)CC3)n2)CC1. The van der Waals surface area contributed by atoms with Crippen molar-refractivity contribution in [3.63, 3.8) is 0 Å². The molecule has 2 aromatic heterocycles. The zero-order valence-electron chi connectivity index (χ0n) is 20.5. The molecule has 3 heterocycles. The van der Waals surface area contributed by atoms with Crippen molar-refractivity contribution >= 4 is 39.7 Å². The Morgan fingerprint density at radius 3 is 2.32 bits per heavy atom. The van der Waals surface area contributed by atoms with Crippen LogP contribution in [0.25, 0.3) is 10.4 Å². The van der Waals surface area contributed by atoms with Crippen LogP contribution in [0.1, 0.15) is 47.4 Å². The summed E-state index contributed by atoms with van der Waals surface area (Å²) >= 11 is 3.08. The Balaban J connectivity index is 1.18. The first-order chi connectivity index (χ1) is 18.1. The van der Waals surface area contributed by atoms with E-state index >= 15 is 0 Å². The lowest BCUT2D eigenvalue weighted by Gasteiger charge is -2.36. The average Bonchev–Trinajstić information content (AvgIpc) is 3.68. The lowest BCUT2D eigenvalue weighted by Crippen LogP contribution is -2.49. The van der Waals surface area contributed by atoms with Crippen molar-refractivity contribution in [3.05, 3.63) is 89.1 Å². The third kappa shape index (κ3) is 4.60. The number of rotatable bonds is 5. The summed E-state index contributed by atoms with van der Waals surface area (Å²) < 4.78 is 4.83. The van der Waals surface area contributed by atoms with Crippen LogP contribution in [0.15, 0.2) is 72.1 Å².